The highest BCUT2D eigenvalue weighted by atomic mass is 16.1. The first-order valence-electron chi connectivity index (χ1n) is 16.7. The molecule has 1 N–H and O–H groups in total. The maximum absolute atomic E-state index is 12.9. The van der Waals surface area contributed by atoms with Crippen LogP contribution in [0.3, 0.4) is 0 Å². The number of Topliss-reactive ketones (excluding diaryl/α,β-unsaturated/α-hetero) is 2. The van der Waals surface area contributed by atoms with E-state index >= 15 is 0 Å². The van der Waals surface area contributed by atoms with Crippen LogP contribution >= 0.6 is 0 Å². The molecule has 1 unspecified atom stereocenters. The molecule has 0 aliphatic carbocycles. The summed E-state index contributed by atoms with van der Waals surface area (Å²) in [6.07, 6.45) is 23.0. The molecule has 0 bridgehead atoms. The largest absolute Gasteiger partial charge is 0.356 e. The molecule has 0 aliphatic heterocycles. The molecule has 1 atom stereocenters. The lowest BCUT2D eigenvalue weighted by Gasteiger charge is -2.30. The summed E-state index contributed by atoms with van der Waals surface area (Å²) >= 11 is 0. The van der Waals surface area contributed by atoms with Crippen LogP contribution in [0, 0.1) is 16.7 Å². The van der Waals surface area contributed by atoms with Gasteiger partial charge < -0.3 is 5.32 Å². The first kappa shape index (κ1) is 37.8. The summed E-state index contributed by atoms with van der Waals surface area (Å²) in [5.74, 6) is 0.784. The topological polar surface area (TPSA) is 63.2 Å². The number of nitrogens with one attached hydrogen (secondary N) is 1. The Bertz CT molecular complexity index is 641. The van der Waals surface area contributed by atoms with Crippen molar-refractivity contribution in [3.8, 4) is 0 Å². The van der Waals surface area contributed by atoms with E-state index in [1.165, 1.54) is 70.6 Å². The number of unbranched alkanes of at least 4 members (excludes halogenated alkanes) is 13. The standard InChI is InChI=1S/C35H67NO3/c1-8-9-10-11-12-13-14-15-16-17-18-19-20-25-31(37)26-23-27-32(38)36-28-22-21-24-30(29-34(2,3)4)33(39)35(5,6)7/h30H,8-29H2,1-7H3,(H,36,38). The van der Waals surface area contributed by atoms with Gasteiger partial charge >= 0.3 is 0 Å². The zero-order valence-electron chi connectivity index (χ0n) is 27.4. The summed E-state index contributed by atoms with van der Waals surface area (Å²) < 4.78 is 0. The van der Waals surface area contributed by atoms with Gasteiger partial charge in [0.1, 0.15) is 11.6 Å². The van der Waals surface area contributed by atoms with Gasteiger partial charge in [0, 0.05) is 37.1 Å². The van der Waals surface area contributed by atoms with Crippen LogP contribution in [0.1, 0.15) is 183 Å². The van der Waals surface area contributed by atoms with Gasteiger partial charge in [-0.05, 0) is 37.5 Å². The number of carbonyl (C=O) groups is 3. The Morgan fingerprint density at radius 1 is 0.590 bits per heavy atom. The molecule has 4 nitrogen and oxygen atoms in total. The average Bonchev–Trinajstić information content (AvgIpc) is 2.84. The molecule has 0 saturated carbocycles. The van der Waals surface area contributed by atoms with E-state index < -0.39 is 0 Å². The second-order valence-corrected chi connectivity index (χ2v) is 14.3. The SMILES string of the molecule is CCCCCCCCCCCCCCCC(=O)CCCC(=O)NCCCCC(CC(C)(C)C)C(=O)C(C)(C)C. The third-order valence-electron chi connectivity index (χ3n) is 7.69. The van der Waals surface area contributed by atoms with E-state index in [2.05, 4.69) is 33.0 Å². The maximum atomic E-state index is 12.9. The van der Waals surface area contributed by atoms with Crippen molar-refractivity contribution in [3.63, 3.8) is 0 Å². The second kappa shape index (κ2) is 22.5. The molecule has 230 valence electrons. The lowest BCUT2D eigenvalue weighted by Crippen LogP contribution is -2.31. The van der Waals surface area contributed by atoms with E-state index in [9.17, 15) is 14.4 Å². The van der Waals surface area contributed by atoms with E-state index in [1.54, 1.807) is 0 Å². The molecule has 0 fully saturated rings. The van der Waals surface area contributed by atoms with E-state index in [0.717, 1.165) is 38.5 Å². The van der Waals surface area contributed by atoms with Crippen molar-refractivity contribution in [1.82, 2.24) is 5.32 Å². The summed E-state index contributed by atoms with van der Waals surface area (Å²) in [6.45, 7) is 15.5. The number of rotatable bonds is 25. The third-order valence-corrected chi connectivity index (χ3v) is 7.69. The highest BCUT2D eigenvalue weighted by Gasteiger charge is 2.31. The van der Waals surface area contributed by atoms with Gasteiger partial charge in [-0.2, -0.15) is 0 Å². The predicted molar refractivity (Wildman–Crippen MR) is 168 cm³/mol. The molecular weight excluding hydrogens is 482 g/mol. The minimum atomic E-state index is -0.311. The molecule has 0 saturated heterocycles. The molecule has 0 radical (unpaired) electrons. The summed E-state index contributed by atoms with van der Waals surface area (Å²) in [5, 5.41) is 3.00. The molecule has 0 heterocycles. The number of hydrogen-bond acceptors (Lipinski definition) is 3. The first-order chi connectivity index (χ1) is 18.4. The third kappa shape index (κ3) is 24.3. The van der Waals surface area contributed by atoms with Gasteiger partial charge in [-0.25, -0.2) is 0 Å². The van der Waals surface area contributed by atoms with E-state index in [0.29, 0.717) is 43.8 Å². The van der Waals surface area contributed by atoms with Crippen molar-refractivity contribution in [2.75, 3.05) is 6.54 Å². The van der Waals surface area contributed by atoms with Crippen molar-refractivity contribution in [2.45, 2.75) is 183 Å². The fraction of sp³-hybridized carbons (Fsp3) is 0.914. The normalized spacial score (nSPS) is 12.9. The maximum Gasteiger partial charge on any atom is 0.220 e. The Morgan fingerprint density at radius 3 is 1.56 bits per heavy atom. The molecule has 0 spiro atoms. The Kier molecular flexibility index (Phi) is 21.8. The lowest BCUT2D eigenvalue weighted by molar-refractivity contribution is -0.131. The molecular formula is C35H67NO3. The Morgan fingerprint density at radius 2 is 1.08 bits per heavy atom. The molecule has 0 aliphatic rings. The van der Waals surface area contributed by atoms with Gasteiger partial charge in [0.05, 0.1) is 0 Å². The number of carbonyl (C=O) groups excluding carboxylic acids is 3. The lowest BCUT2D eigenvalue weighted by atomic mass is 9.74. The molecule has 4 heteroatoms. The van der Waals surface area contributed by atoms with Gasteiger partial charge in [-0.15, -0.1) is 0 Å². The fourth-order valence-electron chi connectivity index (χ4n) is 5.42. The second-order valence-electron chi connectivity index (χ2n) is 14.3. The average molecular weight is 550 g/mol. The summed E-state index contributed by atoms with van der Waals surface area (Å²) in [5.41, 5.74) is -0.182. The predicted octanol–water partition coefficient (Wildman–Crippen LogP) is 10.2. The fourth-order valence-corrected chi connectivity index (χ4v) is 5.42. The zero-order valence-corrected chi connectivity index (χ0v) is 27.4. The van der Waals surface area contributed by atoms with Crippen molar-refractivity contribution < 1.29 is 14.4 Å². The molecule has 0 aromatic carbocycles. The van der Waals surface area contributed by atoms with Crippen LogP contribution in [-0.4, -0.2) is 24.0 Å². The molecule has 0 rings (SSSR count). The van der Waals surface area contributed by atoms with E-state index in [-0.39, 0.29) is 22.7 Å². The highest BCUT2D eigenvalue weighted by Crippen LogP contribution is 2.33. The highest BCUT2D eigenvalue weighted by molar-refractivity contribution is 5.86. The molecule has 0 aromatic rings. The minimum Gasteiger partial charge on any atom is -0.356 e. The molecule has 39 heavy (non-hydrogen) atoms. The van der Waals surface area contributed by atoms with E-state index in [1.807, 2.05) is 20.8 Å². The van der Waals surface area contributed by atoms with Gasteiger partial charge in [0.15, 0.2) is 0 Å². The van der Waals surface area contributed by atoms with Crippen LogP contribution in [0.5, 0.6) is 0 Å². The number of hydrogen-bond donors (Lipinski definition) is 1. The van der Waals surface area contributed by atoms with Crippen molar-refractivity contribution >= 4 is 17.5 Å². The summed E-state index contributed by atoms with van der Waals surface area (Å²) in [6, 6.07) is 0. The smallest absolute Gasteiger partial charge is 0.220 e. The Labute approximate surface area is 243 Å². The summed E-state index contributed by atoms with van der Waals surface area (Å²) in [7, 11) is 0. The van der Waals surface area contributed by atoms with Crippen LogP contribution in [0.25, 0.3) is 0 Å². The van der Waals surface area contributed by atoms with Crippen molar-refractivity contribution in [3.05, 3.63) is 0 Å². The van der Waals surface area contributed by atoms with Gasteiger partial charge in [0.25, 0.3) is 0 Å². The van der Waals surface area contributed by atoms with Crippen LogP contribution in [0.15, 0.2) is 0 Å². The zero-order chi connectivity index (χ0) is 29.6. The quantitative estimate of drug-likeness (QED) is 0.115. The van der Waals surface area contributed by atoms with Crippen LogP contribution in [0.2, 0.25) is 0 Å². The minimum absolute atomic E-state index is 0.0424. The monoisotopic (exact) mass is 550 g/mol. The number of amides is 1. The van der Waals surface area contributed by atoms with Crippen LogP contribution in [0.4, 0.5) is 0 Å². The molecule has 0 aromatic heterocycles. The Balaban J connectivity index is 3.74. The van der Waals surface area contributed by atoms with Crippen molar-refractivity contribution in [2.24, 2.45) is 16.7 Å². The first-order valence-corrected chi connectivity index (χ1v) is 16.7. The number of ketones is 2. The van der Waals surface area contributed by atoms with Gasteiger partial charge in [-0.3, -0.25) is 14.4 Å². The van der Waals surface area contributed by atoms with Crippen LogP contribution < -0.4 is 5.32 Å². The van der Waals surface area contributed by atoms with Crippen molar-refractivity contribution in [1.29, 1.82) is 0 Å². The van der Waals surface area contributed by atoms with E-state index in [4.69, 9.17) is 0 Å². The molecule has 1 amide bonds. The van der Waals surface area contributed by atoms with Gasteiger partial charge in [-0.1, -0.05) is 132 Å². The van der Waals surface area contributed by atoms with Crippen LogP contribution in [-0.2, 0) is 14.4 Å². The Hall–Kier alpha value is -1.19. The van der Waals surface area contributed by atoms with Gasteiger partial charge in [0.2, 0.25) is 5.91 Å². The summed E-state index contributed by atoms with van der Waals surface area (Å²) in [4.78, 5) is 37.2.